The average Bonchev–Trinajstić information content (AvgIpc) is 2.48. The molecule has 4 N–H and O–H groups in total. The number of aliphatic hydroxyl groups excluding tert-OH is 1. The van der Waals surface area contributed by atoms with Gasteiger partial charge in [0.15, 0.2) is 0 Å². The summed E-state index contributed by atoms with van der Waals surface area (Å²) in [5.41, 5.74) is 0. The minimum Gasteiger partial charge on any atom is -0.481 e. The number of aliphatic carboxylic acids is 1. The summed E-state index contributed by atoms with van der Waals surface area (Å²) in [5, 5.41) is 24.2. The second kappa shape index (κ2) is 7.64. The van der Waals surface area contributed by atoms with Gasteiger partial charge in [-0.25, -0.2) is 4.79 Å². The number of amides is 2. The summed E-state index contributed by atoms with van der Waals surface area (Å²) in [7, 11) is 0. The number of hydrogen-bond acceptors (Lipinski definition) is 3. The Balaban J connectivity index is 1.60. The maximum Gasteiger partial charge on any atom is 0.315 e. The van der Waals surface area contributed by atoms with Crippen molar-refractivity contribution >= 4 is 12.0 Å². The zero-order valence-corrected chi connectivity index (χ0v) is 12.4. The molecule has 2 aliphatic carbocycles. The minimum atomic E-state index is -0.696. The van der Waals surface area contributed by atoms with Gasteiger partial charge in [0.1, 0.15) is 0 Å². The third-order valence-corrected chi connectivity index (χ3v) is 4.78. The molecule has 120 valence electrons. The third kappa shape index (κ3) is 5.19. The minimum absolute atomic E-state index is 0.142. The van der Waals surface area contributed by atoms with Crippen LogP contribution in [-0.4, -0.2) is 40.9 Å². The van der Waals surface area contributed by atoms with E-state index in [1.54, 1.807) is 0 Å². The van der Waals surface area contributed by atoms with Crippen LogP contribution in [-0.2, 0) is 4.79 Å². The molecule has 2 rings (SSSR count). The van der Waals surface area contributed by atoms with E-state index in [4.69, 9.17) is 5.11 Å². The molecular formula is C15H26N2O4. The van der Waals surface area contributed by atoms with E-state index in [1.807, 2.05) is 0 Å². The largest absolute Gasteiger partial charge is 0.481 e. The third-order valence-electron chi connectivity index (χ3n) is 4.78. The van der Waals surface area contributed by atoms with Crippen LogP contribution in [0.15, 0.2) is 0 Å². The molecule has 21 heavy (non-hydrogen) atoms. The molecule has 0 heterocycles. The van der Waals surface area contributed by atoms with Crippen molar-refractivity contribution in [1.82, 2.24) is 10.6 Å². The highest BCUT2D eigenvalue weighted by atomic mass is 16.4. The lowest BCUT2D eigenvalue weighted by molar-refractivity contribution is -0.143. The second-order valence-electron chi connectivity index (χ2n) is 6.42. The predicted octanol–water partition coefficient (Wildman–Crippen LogP) is 1.48. The van der Waals surface area contributed by atoms with Crippen molar-refractivity contribution < 1.29 is 19.8 Å². The van der Waals surface area contributed by atoms with Crippen molar-refractivity contribution in [2.45, 2.75) is 63.5 Å². The van der Waals surface area contributed by atoms with Gasteiger partial charge in [0.25, 0.3) is 0 Å². The van der Waals surface area contributed by atoms with Gasteiger partial charge in [-0.05, 0) is 57.3 Å². The Bertz CT molecular complexity index is 359. The summed E-state index contributed by atoms with van der Waals surface area (Å²) in [6.07, 6.45) is 6.12. The normalized spacial score (nSPS) is 33.2. The molecule has 0 atom stereocenters. The van der Waals surface area contributed by atoms with Crippen LogP contribution in [0.2, 0.25) is 0 Å². The van der Waals surface area contributed by atoms with Crippen LogP contribution in [0.25, 0.3) is 0 Å². The predicted molar refractivity (Wildman–Crippen MR) is 77.9 cm³/mol. The van der Waals surface area contributed by atoms with Gasteiger partial charge in [-0.3, -0.25) is 4.79 Å². The number of nitrogens with one attached hydrogen (secondary N) is 2. The van der Waals surface area contributed by atoms with E-state index in [9.17, 15) is 14.7 Å². The highest BCUT2D eigenvalue weighted by Crippen LogP contribution is 2.28. The highest BCUT2D eigenvalue weighted by Gasteiger charge is 2.26. The molecular weight excluding hydrogens is 272 g/mol. The Morgan fingerprint density at radius 2 is 1.57 bits per heavy atom. The fourth-order valence-corrected chi connectivity index (χ4v) is 3.31. The smallest absolute Gasteiger partial charge is 0.315 e. The fourth-order valence-electron chi connectivity index (χ4n) is 3.31. The molecule has 0 aliphatic heterocycles. The Kier molecular flexibility index (Phi) is 5.85. The van der Waals surface area contributed by atoms with Gasteiger partial charge in [0.2, 0.25) is 0 Å². The number of carbonyl (C=O) groups excluding carboxylic acids is 1. The summed E-state index contributed by atoms with van der Waals surface area (Å²) >= 11 is 0. The van der Waals surface area contributed by atoms with Crippen LogP contribution >= 0.6 is 0 Å². The number of rotatable bonds is 4. The number of urea groups is 1. The van der Waals surface area contributed by atoms with E-state index in [0.29, 0.717) is 25.3 Å². The van der Waals surface area contributed by atoms with Crippen molar-refractivity contribution in [1.29, 1.82) is 0 Å². The molecule has 0 aromatic rings. The molecule has 0 radical (unpaired) electrons. The van der Waals surface area contributed by atoms with Gasteiger partial charge in [0.05, 0.1) is 12.0 Å². The van der Waals surface area contributed by atoms with Gasteiger partial charge in [-0.1, -0.05) is 0 Å². The van der Waals surface area contributed by atoms with Crippen LogP contribution in [0.4, 0.5) is 4.79 Å². The summed E-state index contributed by atoms with van der Waals surface area (Å²) < 4.78 is 0. The summed E-state index contributed by atoms with van der Waals surface area (Å²) in [4.78, 5) is 22.7. The van der Waals surface area contributed by atoms with Gasteiger partial charge in [-0.15, -0.1) is 0 Å². The van der Waals surface area contributed by atoms with Crippen molar-refractivity contribution in [2.75, 3.05) is 6.54 Å². The molecule has 0 bridgehead atoms. The lowest BCUT2D eigenvalue weighted by atomic mass is 9.82. The van der Waals surface area contributed by atoms with Gasteiger partial charge < -0.3 is 20.8 Å². The highest BCUT2D eigenvalue weighted by molar-refractivity contribution is 5.74. The van der Waals surface area contributed by atoms with E-state index in [2.05, 4.69) is 10.6 Å². The van der Waals surface area contributed by atoms with Crippen LogP contribution in [0.3, 0.4) is 0 Å². The van der Waals surface area contributed by atoms with Gasteiger partial charge in [-0.2, -0.15) is 0 Å². The first kappa shape index (κ1) is 16.1. The first-order valence-electron chi connectivity index (χ1n) is 8.00. The van der Waals surface area contributed by atoms with Crippen LogP contribution in [0.1, 0.15) is 51.4 Å². The summed E-state index contributed by atoms with van der Waals surface area (Å²) in [5.74, 6) is -0.512. The SMILES string of the molecule is O=C(NCC1CCC(C(=O)O)CC1)NC1CCC(O)CC1. The molecule has 0 spiro atoms. The number of hydrogen-bond donors (Lipinski definition) is 4. The zero-order valence-electron chi connectivity index (χ0n) is 12.4. The van der Waals surface area contributed by atoms with E-state index in [0.717, 1.165) is 38.5 Å². The number of carboxylic acid groups (broad SMARTS) is 1. The molecule has 2 amide bonds. The quantitative estimate of drug-likeness (QED) is 0.632. The molecule has 6 heteroatoms. The maximum absolute atomic E-state index is 11.8. The van der Waals surface area contributed by atoms with E-state index in [1.165, 1.54) is 0 Å². The lowest BCUT2D eigenvalue weighted by Crippen LogP contribution is -2.45. The Labute approximate surface area is 125 Å². The van der Waals surface area contributed by atoms with E-state index >= 15 is 0 Å². The maximum atomic E-state index is 11.8. The molecule has 0 saturated heterocycles. The fraction of sp³-hybridized carbons (Fsp3) is 0.867. The van der Waals surface area contributed by atoms with Crippen molar-refractivity contribution in [3.63, 3.8) is 0 Å². The summed E-state index contributed by atoms with van der Waals surface area (Å²) in [6, 6.07) is 0.0212. The van der Waals surface area contributed by atoms with Crippen LogP contribution in [0.5, 0.6) is 0 Å². The second-order valence-corrected chi connectivity index (χ2v) is 6.42. The molecule has 0 aromatic heterocycles. The number of carbonyl (C=O) groups is 2. The molecule has 2 saturated carbocycles. The zero-order chi connectivity index (χ0) is 15.2. The van der Waals surface area contributed by atoms with Crippen LogP contribution in [0, 0.1) is 11.8 Å². The van der Waals surface area contributed by atoms with Gasteiger partial charge in [0, 0.05) is 12.6 Å². The topological polar surface area (TPSA) is 98.7 Å². The number of aliphatic hydroxyl groups is 1. The Hall–Kier alpha value is -1.30. The van der Waals surface area contributed by atoms with Crippen molar-refractivity contribution in [2.24, 2.45) is 11.8 Å². The van der Waals surface area contributed by atoms with Crippen molar-refractivity contribution in [3.05, 3.63) is 0 Å². The van der Waals surface area contributed by atoms with Gasteiger partial charge >= 0.3 is 12.0 Å². The summed E-state index contributed by atoms with van der Waals surface area (Å²) in [6.45, 7) is 0.619. The molecule has 0 aromatic carbocycles. The lowest BCUT2D eigenvalue weighted by Gasteiger charge is -2.28. The first-order chi connectivity index (χ1) is 10.0. The first-order valence-corrected chi connectivity index (χ1v) is 8.00. The van der Waals surface area contributed by atoms with E-state index < -0.39 is 5.97 Å². The molecule has 0 unspecified atom stereocenters. The Morgan fingerprint density at radius 1 is 0.952 bits per heavy atom. The number of carboxylic acids is 1. The van der Waals surface area contributed by atoms with Crippen LogP contribution < -0.4 is 10.6 Å². The Morgan fingerprint density at radius 3 is 2.14 bits per heavy atom. The molecule has 2 aliphatic rings. The molecule has 2 fully saturated rings. The monoisotopic (exact) mass is 298 g/mol. The standard InChI is InChI=1S/C15H26N2O4/c18-13-7-5-12(6-8-13)17-15(21)16-9-10-1-3-11(4-2-10)14(19)20/h10-13,18H,1-9H2,(H,19,20)(H2,16,17,21). The van der Waals surface area contributed by atoms with Crippen molar-refractivity contribution in [3.8, 4) is 0 Å². The molecule has 6 nitrogen and oxygen atoms in total. The van der Waals surface area contributed by atoms with E-state index in [-0.39, 0.29) is 24.1 Å². The average molecular weight is 298 g/mol.